The molecule has 0 spiro atoms. The Labute approximate surface area is 162 Å². The minimum atomic E-state index is 0.0305. The molecule has 2 aromatic rings. The van der Waals surface area contributed by atoms with E-state index in [2.05, 4.69) is 52.0 Å². The SMILES string of the molecule is Cc1cnccc1N1CCN(C(=O)C(c2ccccc2)C2CCCC2)CC1. The number of hydrogen-bond donors (Lipinski definition) is 0. The van der Waals surface area contributed by atoms with Gasteiger partial charge in [-0.2, -0.15) is 0 Å². The maximum absolute atomic E-state index is 13.5. The van der Waals surface area contributed by atoms with Gasteiger partial charge in [0.2, 0.25) is 5.91 Å². The minimum Gasteiger partial charge on any atom is -0.368 e. The molecule has 2 aliphatic rings. The van der Waals surface area contributed by atoms with Crippen LogP contribution in [-0.4, -0.2) is 42.0 Å². The van der Waals surface area contributed by atoms with Gasteiger partial charge in [-0.3, -0.25) is 9.78 Å². The summed E-state index contributed by atoms with van der Waals surface area (Å²) in [6.45, 7) is 5.49. The van der Waals surface area contributed by atoms with Crippen LogP contribution in [0.5, 0.6) is 0 Å². The monoisotopic (exact) mass is 363 g/mol. The zero-order valence-corrected chi connectivity index (χ0v) is 16.2. The van der Waals surface area contributed by atoms with Crippen molar-refractivity contribution in [2.45, 2.75) is 38.5 Å². The first-order chi connectivity index (χ1) is 13.2. The van der Waals surface area contributed by atoms with Crippen LogP contribution in [0.2, 0.25) is 0 Å². The number of hydrogen-bond acceptors (Lipinski definition) is 3. The number of rotatable bonds is 4. The first-order valence-corrected chi connectivity index (χ1v) is 10.2. The molecule has 4 rings (SSSR count). The van der Waals surface area contributed by atoms with E-state index in [9.17, 15) is 4.79 Å². The van der Waals surface area contributed by atoms with Crippen LogP contribution in [-0.2, 0) is 4.79 Å². The molecule has 4 heteroatoms. The van der Waals surface area contributed by atoms with Crippen molar-refractivity contribution >= 4 is 11.6 Å². The number of anilines is 1. The van der Waals surface area contributed by atoms with Crippen LogP contribution >= 0.6 is 0 Å². The number of carbonyl (C=O) groups excluding carboxylic acids is 1. The second-order valence-corrected chi connectivity index (χ2v) is 7.91. The Morgan fingerprint density at radius 1 is 1.04 bits per heavy atom. The highest BCUT2D eigenvalue weighted by Crippen LogP contribution is 2.38. The van der Waals surface area contributed by atoms with Gasteiger partial charge in [-0.05, 0) is 42.9 Å². The van der Waals surface area contributed by atoms with E-state index in [-0.39, 0.29) is 5.92 Å². The van der Waals surface area contributed by atoms with Crippen molar-refractivity contribution in [2.75, 3.05) is 31.1 Å². The van der Waals surface area contributed by atoms with Gasteiger partial charge in [-0.15, -0.1) is 0 Å². The number of nitrogens with zero attached hydrogens (tertiary/aromatic N) is 3. The molecule has 27 heavy (non-hydrogen) atoms. The fraction of sp³-hybridized carbons (Fsp3) is 0.478. The second-order valence-electron chi connectivity index (χ2n) is 7.91. The maximum atomic E-state index is 13.5. The van der Waals surface area contributed by atoms with Gasteiger partial charge in [0.25, 0.3) is 0 Å². The Balaban J connectivity index is 1.47. The van der Waals surface area contributed by atoms with Crippen LogP contribution in [0.15, 0.2) is 48.8 Å². The van der Waals surface area contributed by atoms with Crippen molar-refractivity contribution in [3.8, 4) is 0 Å². The maximum Gasteiger partial charge on any atom is 0.230 e. The quantitative estimate of drug-likeness (QED) is 0.823. The fourth-order valence-electron chi connectivity index (χ4n) is 4.75. The van der Waals surface area contributed by atoms with Crippen molar-refractivity contribution in [3.63, 3.8) is 0 Å². The van der Waals surface area contributed by atoms with Gasteiger partial charge in [0.05, 0.1) is 5.92 Å². The average molecular weight is 364 g/mol. The standard InChI is InChI=1S/C23H29N3O/c1-18-17-24-12-11-21(18)25-13-15-26(16-14-25)23(27)22(20-9-5-6-10-20)19-7-3-2-4-8-19/h2-4,7-8,11-12,17,20,22H,5-6,9-10,13-16H2,1H3. The molecule has 4 nitrogen and oxygen atoms in total. The Morgan fingerprint density at radius 3 is 2.41 bits per heavy atom. The summed E-state index contributed by atoms with van der Waals surface area (Å²) < 4.78 is 0. The highest BCUT2D eigenvalue weighted by atomic mass is 16.2. The lowest BCUT2D eigenvalue weighted by Gasteiger charge is -2.39. The number of amides is 1. The van der Waals surface area contributed by atoms with Gasteiger partial charge in [-0.25, -0.2) is 0 Å². The van der Waals surface area contributed by atoms with E-state index in [1.54, 1.807) is 0 Å². The summed E-state index contributed by atoms with van der Waals surface area (Å²) >= 11 is 0. The lowest BCUT2D eigenvalue weighted by Crippen LogP contribution is -2.50. The Morgan fingerprint density at radius 2 is 1.74 bits per heavy atom. The van der Waals surface area contributed by atoms with Crippen LogP contribution in [0.3, 0.4) is 0 Å². The summed E-state index contributed by atoms with van der Waals surface area (Å²) in [5.41, 5.74) is 3.64. The van der Waals surface area contributed by atoms with Gasteiger partial charge < -0.3 is 9.80 Å². The number of benzene rings is 1. The van der Waals surface area contributed by atoms with Gasteiger partial charge >= 0.3 is 0 Å². The molecule has 2 fully saturated rings. The number of pyridine rings is 1. The molecule has 1 aliphatic carbocycles. The molecule has 142 valence electrons. The molecular weight excluding hydrogens is 334 g/mol. The van der Waals surface area contributed by atoms with Crippen LogP contribution in [0.4, 0.5) is 5.69 Å². The molecular formula is C23H29N3O. The van der Waals surface area contributed by atoms with Crippen molar-refractivity contribution < 1.29 is 4.79 Å². The Hall–Kier alpha value is -2.36. The Kier molecular flexibility index (Phi) is 5.42. The summed E-state index contributed by atoms with van der Waals surface area (Å²) in [6, 6.07) is 12.5. The summed E-state index contributed by atoms with van der Waals surface area (Å²) in [5.74, 6) is 0.863. The first kappa shape index (κ1) is 18.0. The van der Waals surface area contributed by atoms with E-state index >= 15 is 0 Å². The summed E-state index contributed by atoms with van der Waals surface area (Å²) in [4.78, 5) is 22.2. The third-order valence-electron chi connectivity index (χ3n) is 6.22. The highest BCUT2D eigenvalue weighted by Gasteiger charge is 2.35. The molecule has 1 saturated carbocycles. The number of aryl methyl sites for hydroxylation is 1. The van der Waals surface area contributed by atoms with Gasteiger partial charge in [0, 0.05) is 44.3 Å². The second kappa shape index (κ2) is 8.12. The normalized spacial score (nSPS) is 19.3. The fourth-order valence-corrected chi connectivity index (χ4v) is 4.75. The van der Waals surface area contributed by atoms with Crippen molar-refractivity contribution in [1.82, 2.24) is 9.88 Å². The first-order valence-electron chi connectivity index (χ1n) is 10.2. The highest BCUT2D eigenvalue weighted by molar-refractivity contribution is 5.84. The Bertz CT molecular complexity index is 762. The number of carbonyl (C=O) groups is 1. The van der Waals surface area contributed by atoms with Gasteiger partial charge in [0.15, 0.2) is 0 Å². The molecule has 0 N–H and O–H groups in total. The summed E-state index contributed by atoms with van der Waals surface area (Å²) in [6.07, 6.45) is 8.65. The van der Waals surface area contributed by atoms with E-state index in [1.807, 2.05) is 18.5 Å². The van der Waals surface area contributed by atoms with Crippen molar-refractivity contribution in [2.24, 2.45) is 5.92 Å². The van der Waals surface area contributed by atoms with Crippen LogP contribution in [0.25, 0.3) is 0 Å². The van der Waals surface area contributed by atoms with Crippen molar-refractivity contribution in [3.05, 3.63) is 59.9 Å². The van der Waals surface area contributed by atoms with Crippen molar-refractivity contribution in [1.29, 1.82) is 0 Å². The van der Waals surface area contributed by atoms with Crippen LogP contribution in [0.1, 0.15) is 42.7 Å². The van der Waals surface area contributed by atoms with E-state index in [0.29, 0.717) is 11.8 Å². The molecule has 0 radical (unpaired) electrons. The molecule has 1 aliphatic heterocycles. The predicted octanol–water partition coefficient (Wildman–Crippen LogP) is 4.01. The van der Waals surface area contributed by atoms with Gasteiger partial charge in [-0.1, -0.05) is 43.2 Å². The third kappa shape index (κ3) is 3.85. The minimum absolute atomic E-state index is 0.0305. The lowest BCUT2D eigenvalue weighted by molar-refractivity contribution is -0.134. The molecule has 1 aromatic heterocycles. The van der Waals surface area contributed by atoms with Gasteiger partial charge in [0.1, 0.15) is 0 Å². The van der Waals surface area contributed by atoms with E-state index in [4.69, 9.17) is 0 Å². The summed E-state index contributed by atoms with van der Waals surface area (Å²) in [5, 5.41) is 0. The number of aromatic nitrogens is 1. The largest absolute Gasteiger partial charge is 0.368 e. The predicted molar refractivity (Wildman–Crippen MR) is 109 cm³/mol. The molecule has 1 saturated heterocycles. The zero-order chi connectivity index (χ0) is 18.6. The summed E-state index contributed by atoms with van der Waals surface area (Å²) in [7, 11) is 0. The molecule has 2 heterocycles. The molecule has 1 amide bonds. The third-order valence-corrected chi connectivity index (χ3v) is 6.22. The van der Waals surface area contributed by atoms with Crippen LogP contribution in [0, 0.1) is 12.8 Å². The van der Waals surface area contributed by atoms with Crippen LogP contribution < -0.4 is 4.90 Å². The van der Waals surface area contributed by atoms with E-state index in [1.165, 1.54) is 42.5 Å². The zero-order valence-electron chi connectivity index (χ0n) is 16.2. The molecule has 1 atom stereocenters. The van der Waals surface area contributed by atoms with E-state index in [0.717, 1.165) is 26.2 Å². The molecule has 1 aromatic carbocycles. The number of piperazine rings is 1. The topological polar surface area (TPSA) is 36.4 Å². The molecule has 1 unspecified atom stereocenters. The lowest BCUT2D eigenvalue weighted by atomic mass is 9.83. The smallest absolute Gasteiger partial charge is 0.230 e. The average Bonchev–Trinajstić information content (AvgIpc) is 3.24. The van der Waals surface area contributed by atoms with E-state index < -0.39 is 0 Å². The molecule has 0 bridgehead atoms.